The lowest BCUT2D eigenvalue weighted by Crippen LogP contribution is -2.14. The first-order chi connectivity index (χ1) is 22.0. The number of nitrogens with one attached hydrogen (secondary N) is 1. The Hall–Kier alpha value is -3.99. The maximum atomic E-state index is 13.4. The smallest absolute Gasteiger partial charge is 0.303 e. The van der Waals surface area contributed by atoms with Gasteiger partial charge in [0.15, 0.2) is 9.84 Å². The molecule has 0 spiro atoms. The zero-order valence-electron chi connectivity index (χ0n) is 25.7. The largest absolute Gasteiger partial charge is 0.491 e. The molecule has 0 aliphatic rings. The Morgan fingerprint density at radius 2 is 1.80 bits per heavy atom. The highest BCUT2D eigenvalue weighted by atomic mass is 35.5. The number of unbranched alkanes of at least 4 members (excludes halogenated alkanes) is 1. The van der Waals surface area contributed by atoms with Gasteiger partial charge in [-0.05, 0) is 97.3 Å². The summed E-state index contributed by atoms with van der Waals surface area (Å²) in [5, 5.41) is 15.3. The van der Waals surface area contributed by atoms with E-state index in [1.54, 1.807) is 47.7 Å². The number of amides is 1. The van der Waals surface area contributed by atoms with Crippen LogP contribution in [0.4, 0.5) is 5.69 Å². The number of hydrogen-bond donors (Lipinski definition) is 2. The van der Waals surface area contributed by atoms with Crippen LogP contribution in [0.15, 0.2) is 77.0 Å². The number of halogens is 1. The number of sulfone groups is 1. The van der Waals surface area contributed by atoms with E-state index in [0.717, 1.165) is 21.8 Å². The standard InChI is InChI=1S/C35H37ClN2O6S2/c1-24(2)31-23-45-33(37-31)18-12-25-7-5-9-27(21-25)35(41)38-30-22-26(11-17-32(30)44-19-4-3-10-34(39)40)8-6-20-46(42,43)29-15-13-28(36)14-16-29/h5,7,9,11-18,21-24H,3-4,6,8,10,19-20H2,1-2H3,(H,38,41)(H,39,40)/b18-12+. The third-order valence-corrected chi connectivity index (χ3v) is 9.98. The van der Waals surface area contributed by atoms with E-state index in [-0.39, 0.29) is 29.6 Å². The molecule has 0 aliphatic heterocycles. The number of nitrogens with zero attached hydrogens (tertiary/aromatic N) is 1. The number of carboxylic acids is 1. The van der Waals surface area contributed by atoms with Crippen LogP contribution in [0.1, 0.15) is 77.6 Å². The molecule has 0 atom stereocenters. The fourth-order valence-electron chi connectivity index (χ4n) is 4.53. The Morgan fingerprint density at radius 3 is 2.52 bits per heavy atom. The summed E-state index contributed by atoms with van der Waals surface area (Å²) in [6.07, 6.45) is 5.75. The van der Waals surface area contributed by atoms with E-state index in [4.69, 9.17) is 21.4 Å². The van der Waals surface area contributed by atoms with Gasteiger partial charge in [0.1, 0.15) is 10.8 Å². The fourth-order valence-corrected chi connectivity index (χ4v) is 6.84. The number of benzene rings is 3. The van der Waals surface area contributed by atoms with Crippen molar-refractivity contribution in [3.8, 4) is 5.75 Å². The van der Waals surface area contributed by atoms with Crippen LogP contribution in [0, 0.1) is 0 Å². The molecule has 242 valence electrons. The molecular formula is C35H37ClN2O6S2. The SMILES string of the molecule is CC(C)c1csc(/C=C/c2cccc(C(=O)Nc3cc(CCCS(=O)(=O)c4ccc(Cl)cc4)ccc3OCCCCC(=O)O)c2)n1. The minimum Gasteiger partial charge on any atom is -0.491 e. The van der Waals surface area contributed by atoms with Gasteiger partial charge in [-0.25, -0.2) is 13.4 Å². The number of aliphatic carboxylic acids is 1. The summed E-state index contributed by atoms with van der Waals surface area (Å²) < 4.78 is 31.5. The van der Waals surface area contributed by atoms with Gasteiger partial charge in [0, 0.05) is 22.4 Å². The summed E-state index contributed by atoms with van der Waals surface area (Å²) in [5.74, 6) is -0.436. The Balaban J connectivity index is 1.46. The van der Waals surface area contributed by atoms with E-state index in [9.17, 15) is 18.0 Å². The number of thiazole rings is 1. The zero-order valence-corrected chi connectivity index (χ0v) is 28.1. The molecule has 3 aromatic carbocycles. The summed E-state index contributed by atoms with van der Waals surface area (Å²) >= 11 is 7.47. The predicted molar refractivity (Wildman–Crippen MR) is 185 cm³/mol. The number of carbonyl (C=O) groups excluding carboxylic acids is 1. The molecule has 0 radical (unpaired) electrons. The van der Waals surface area contributed by atoms with Crippen LogP contribution in [-0.2, 0) is 21.1 Å². The lowest BCUT2D eigenvalue weighted by molar-refractivity contribution is -0.137. The van der Waals surface area contributed by atoms with E-state index < -0.39 is 15.8 Å². The zero-order chi connectivity index (χ0) is 33.1. The van der Waals surface area contributed by atoms with Crippen molar-refractivity contribution in [2.45, 2.75) is 56.8 Å². The second kappa shape index (κ2) is 16.5. The summed E-state index contributed by atoms with van der Waals surface area (Å²) in [6, 6.07) is 18.7. The summed E-state index contributed by atoms with van der Waals surface area (Å²) in [7, 11) is -3.48. The lowest BCUT2D eigenvalue weighted by Gasteiger charge is -2.15. The van der Waals surface area contributed by atoms with Crippen LogP contribution < -0.4 is 10.1 Å². The van der Waals surface area contributed by atoms with Crippen molar-refractivity contribution in [1.82, 2.24) is 4.98 Å². The molecule has 2 N–H and O–H groups in total. The summed E-state index contributed by atoms with van der Waals surface area (Å²) in [5.41, 5.74) is 3.63. The number of aryl methyl sites for hydroxylation is 1. The van der Waals surface area contributed by atoms with Gasteiger partial charge < -0.3 is 15.2 Å². The van der Waals surface area contributed by atoms with Gasteiger partial charge in [-0.3, -0.25) is 9.59 Å². The molecule has 4 aromatic rings. The quantitative estimate of drug-likeness (QED) is 0.114. The van der Waals surface area contributed by atoms with Crippen LogP contribution >= 0.6 is 22.9 Å². The van der Waals surface area contributed by atoms with E-state index in [1.807, 2.05) is 35.7 Å². The van der Waals surface area contributed by atoms with Gasteiger partial charge in [0.05, 0.1) is 28.6 Å². The van der Waals surface area contributed by atoms with E-state index in [1.165, 1.54) is 12.1 Å². The molecule has 4 rings (SSSR count). The summed E-state index contributed by atoms with van der Waals surface area (Å²) in [6.45, 7) is 4.48. The molecule has 0 saturated heterocycles. The van der Waals surface area contributed by atoms with Gasteiger partial charge >= 0.3 is 5.97 Å². The van der Waals surface area contributed by atoms with Crippen LogP contribution in [-0.4, -0.2) is 42.7 Å². The van der Waals surface area contributed by atoms with E-state index in [0.29, 0.717) is 53.6 Å². The van der Waals surface area contributed by atoms with Crippen molar-refractivity contribution in [2.75, 3.05) is 17.7 Å². The third kappa shape index (κ3) is 10.5. The van der Waals surface area contributed by atoms with Crippen molar-refractivity contribution in [2.24, 2.45) is 0 Å². The van der Waals surface area contributed by atoms with Crippen molar-refractivity contribution >= 4 is 62.5 Å². The molecule has 0 unspecified atom stereocenters. The van der Waals surface area contributed by atoms with Crippen LogP contribution in [0.2, 0.25) is 5.02 Å². The number of carbonyl (C=O) groups is 2. The number of aromatic nitrogens is 1. The highest BCUT2D eigenvalue weighted by Crippen LogP contribution is 2.28. The molecule has 0 aliphatic carbocycles. The van der Waals surface area contributed by atoms with E-state index >= 15 is 0 Å². The van der Waals surface area contributed by atoms with Gasteiger partial charge in [-0.1, -0.05) is 49.7 Å². The first-order valence-electron chi connectivity index (χ1n) is 15.0. The molecule has 1 aromatic heterocycles. The molecule has 0 saturated carbocycles. The van der Waals surface area contributed by atoms with Crippen molar-refractivity contribution < 1.29 is 27.9 Å². The average Bonchev–Trinajstić information content (AvgIpc) is 3.51. The van der Waals surface area contributed by atoms with Crippen molar-refractivity contribution in [3.05, 3.63) is 105 Å². The van der Waals surface area contributed by atoms with Crippen molar-refractivity contribution in [1.29, 1.82) is 0 Å². The second-order valence-corrected chi connectivity index (χ2v) is 14.5. The van der Waals surface area contributed by atoms with Crippen molar-refractivity contribution in [3.63, 3.8) is 0 Å². The number of hydrogen-bond acceptors (Lipinski definition) is 7. The maximum Gasteiger partial charge on any atom is 0.303 e. The third-order valence-electron chi connectivity index (χ3n) is 7.08. The topological polar surface area (TPSA) is 123 Å². The molecule has 46 heavy (non-hydrogen) atoms. The van der Waals surface area contributed by atoms with Gasteiger partial charge in [-0.2, -0.15) is 0 Å². The predicted octanol–water partition coefficient (Wildman–Crippen LogP) is 8.38. The fraction of sp³-hybridized carbons (Fsp3) is 0.286. The molecule has 8 nitrogen and oxygen atoms in total. The Labute approximate surface area is 279 Å². The Bertz CT molecular complexity index is 1780. The lowest BCUT2D eigenvalue weighted by atomic mass is 10.1. The van der Waals surface area contributed by atoms with Crippen LogP contribution in [0.5, 0.6) is 5.75 Å². The molecule has 11 heteroatoms. The maximum absolute atomic E-state index is 13.4. The first-order valence-corrected chi connectivity index (χ1v) is 17.9. The Morgan fingerprint density at radius 1 is 1.02 bits per heavy atom. The molecular weight excluding hydrogens is 644 g/mol. The Kier molecular flexibility index (Phi) is 12.5. The monoisotopic (exact) mass is 680 g/mol. The molecule has 0 bridgehead atoms. The minimum absolute atomic E-state index is 0.0434. The minimum atomic E-state index is -3.48. The average molecular weight is 681 g/mol. The van der Waals surface area contributed by atoms with Gasteiger partial charge in [-0.15, -0.1) is 11.3 Å². The number of rotatable bonds is 16. The van der Waals surface area contributed by atoms with Gasteiger partial charge in [0.2, 0.25) is 0 Å². The first kappa shape index (κ1) is 34.9. The molecule has 1 amide bonds. The second-order valence-electron chi connectivity index (χ2n) is 11.1. The molecule has 1 heterocycles. The van der Waals surface area contributed by atoms with E-state index in [2.05, 4.69) is 24.1 Å². The number of anilines is 1. The molecule has 0 fully saturated rings. The summed E-state index contributed by atoms with van der Waals surface area (Å²) in [4.78, 5) is 29.1. The van der Waals surface area contributed by atoms with Crippen LogP contribution in [0.25, 0.3) is 12.2 Å². The van der Waals surface area contributed by atoms with Gasteiger partial charge in [0.25, 0.3) is 5.91 Å². The number of carboxylic acid groups (broad SMARTS) is 1. The van der Waals surface area contributed by atoms with Crippen LogP contribution in [0.3, 0.4) is 0 Å². The number of ether oxygens (including phenoxy) is 1. The highest BCUT2D eigenvalue weighted by Gasteiger charge is 2.16. The highest BCUT2D eigenvalue weighted by molar-refractivity contribution is 7.91. The normalized spacial score (nSPS) is 11.7.